The van der Waals surface area contributed by atoms with E-state index in [1.54, 1.807) is 0 Å². The molecule has 100 valence electrons. The van der Waals surface area contributed by atoms with Crippen molar-refractivity contribution in [2.24, 2.45) is 0 Å². The number of hydrogen-bond donors (Lipinski definition) is 1. The maximum absolute atomic E-state index is 6.04. The number of rotatable bonds is 4. The third-order valence-electron chi connectivity index (χ3n) is 3.21. The smallest absolute Gasteiger partial charge is 0.128 e. The van der Waals surface area contributed by atoms with Gasteiger partial charge in [0.1, 0.15) is 5.82 Å². The molecule has 0 radical (unpaired) electrons. The summed E-state index contributed by atoms with van der Waals surface area (Å²) in [6.45, 7) is 0. The first kappa shape index (κ1) is 13.0. The number of anilines is 1. The lowest BCUT2D eigenvalue weighted by Crippen LogP contribution is -1.97. The second kappa shape index (κ2) is 5.97. The van der Waals surface area contributed by atoms with Crippen molar-refractivity contribution in [3.63, 3.8) is 0 Å². The summed E-state index contributed by atoms with van der Waals surface area (Å²) in [6, 6.07) is 20.7. The van der Waals surface area contributed by atoms with Gasteiger partial charge in [-0.15, -0.1) is 0 Å². The third-order valence-corrected chi connectivity index (χ3v) is 4.26. The first-order chi connectivity index (χ1) is 9.83. The highest BCUT2D eigenvalue weighted by atomic mass is 32.2. The maximum Gasteiger partial charge on any atom is 0.128 e. The second-order valence-corrected chi connectivity index (χ2v) is 5.69. The average molecular weight is 280 g/mol. The fourth-order valence-corrected chi connectivity index (χ4v) is 3.12. The molecule has 0 spiro atoms. The summed E-state index contributed by atoms with van der Waals surface area (Å²) in [5.74, 6) is 2.52. The van der Waals surface area contributed by atoms with Crippen LogP contribution in [0, 0.1) is 0 Å². The highest BCUT2D eigenvalue weighted by Crippen LogP contribution is 2.24. The predicted molar refractivity (Wildman–Crippen MR) is 87.6 cm³/mol. The van der Waals surface area contributed by atoms with E-state index in [-0.39, 0.29) is 0 Å². The number of fused-ring (bicyclic) bond motifs is 1. The lowest BCUT2D eigenvalue weighted by molar-refractivity contribution is 1.31. The summed E-state index contributed by atoms with van der Waals surface area (Å²) in [5, 5.41) is 1.15. The van der Waals surface area contributed by atoms with Crippen molar-refractivity contribution < 1.29 is 0 Å². The van der Waals surface area contributed by atoms with Crippen LogP contribution < -0.4 is 5.73 Å². The van der Waals surface area contributed by atoms with Crippen molar-refractivity contribution in [2.45, 2.75) is 11.5 Å². The molecule has 1 heterocycles. The topological polar surface area (TPSA) is 38.9 Å². The quantitative estimate of drug-likeness (QED) is 0.776. The molecule has 0 amide bonds. The monoisotopic (exact) mass is 280 g/mol. The van der Waals surface area contributed by atoms with Gasteiger partial charge >= 0.3 is 0 Å². The lowest BCUT2D eigenvalue weighted by atomic mass is 10.1. The average Bonchev–Trinajstić information content (AvgIpc) is 2.49. The van der Waals surface area contributed by atoms with Crippen LogP contribution in [0.1, 0.15) is 11.1 Å². The highest BCUT2D eigenvalue weighted by molar-refractivity contribution is 7.97. The van der Waals surface area contributed by atoms with E-state index >= 15 is 0 Å². The zero-order valence-corrected chi connectivity index (χ0v) is 11.9. The van der Waals surface area contributed by atoms with E-state index in [0.29, 0.717) is 5.82 Å². The zero-order valence-electron chi connectivity index (χ0n) is 11.1. The number of pyridine rings is 1. The molecular formula is C17H16N2S. The van der Waals surface area contributed by atoms with Gasteiger partial charge < -0.3 is 5.73 Å². The molecule has 0 saturated heterocycles. The Kier molecular flexibility index (Phi) is 3.88. The Labute approximate surface area is 123 Å². The summed E-state index contributed by atoms with van der Waals surface area (Å²) < 4.78 is 0. The number of benzene rings is 2. The van der Waals surface area contributed by atoms with Crippen LogP contribution in [0.5, 0.6) is 0 Å². The summed E-state index contributed by atoms with van der Waals surface area (Å²) in [6.07, 6.45) is 0. The molecule has 3 rings (SSSR count). The van der Waals surface area contributed by atoms with Crippen LogP contribution in [-0.4, -0.2) is 4.98 Å². The lowest BCUT2D eigenvalue weighted by Gasteiger charge is -2.07. The molecule has 0 unspecified atom stereocenters. The summed E-state index contributed by atoms with van der Waals surface area (Å²) in [5.41, 5.74) is 9.45. The normalized spacial score (nSPS) is 10.8. The number of nitrogen functional groups attached to an aromatic ring is 1. The van der Waals surface area contributed by atoms with Crippen LogP contribution in [-0.2, 0) is 11.5 Å². The molecule has 0 aliphatic rings. The molecule has 20 heavy (non-hydrogen) atoms. The van der Waals surface area contributed by atoms with Crippen LogP contribution in [0.3, 0.4) is 0 Å². The van der Waals surface area contributed by atoms with Crippen molar-refractivity contribution in [3.8, 4) is 0 Å². The van der Waals surface area contributed by atoms with E-state index in [2.05, 4.69) is 41.4 Å². The van der Waals surface area contributed by atoms with Gasteiger partial charge in [-0.3, -0.25) is 0 Å². The van der Waals surface area contributed by atoms with E-state index in [1.807, 2.05) is 36.0 Å². The van der Waals surface area contributed by atoms with E-state index in [1.165, 1.54) is 5.56 Å². The van der Waals surface area contributed by atoms with Gasteiger partial charge in [0.2, 0.25) is 0 Å². The molecule has 0 fully saturated rings. The van der Waals surface area contributed by atoms with Gasteiger partial charge in [0.25, 0.3) is 0 Å². The van der Waals surface area contributed by atoms with E-state index in [0.717, 1.165) is 28.0 Å². The van der Waals surface area contributed by atoms with E-state index in [4.69, 9.17) is 5.73 Å². The molecule has 2 N–H and O–H groups in total. The molecule has 0 aliphatic heterocycles. The zero-order chi connectivity index (χ0) is 13.8. The van der Waals surface area contributed by atoms with E-state index in [9.17, 15) is 0 Å². The predicted octanol–water partition coefficient (Wildman–Crippen LogP) is 4.25. The number of nitrogens with two attached hydrogens (primary N) is 1. The Morgan fingerprint density at radius 2 is 1.65 bits per heavy atom. The molecule has 0 aliphatic carbocycles. The molecular weight excluding hydrogens is 264 g/mol. The van der Waals surface area contributed by atoms with Crippen molar-refractivity contribution in [3.05, 3.63) is 71.8 Å². The van der Waals surface area contributed by atoms with Crippen LogP contribution >= 0.6 is 11.8 Å². The molecule has 2 aromatic carbocycles. The number of thioether (sulfide) groups is 1. The SMILES string of the molecule is Nc1nc2ccccc2cc1CSCc1ccccc1. The minimum Gasteiger partial charge on any atom is -0.383 e. The maximum atomic E-state index is 6.04. The number of para-hydroxylation sites is 1. The van der Waals surface area contributed by atoms with Crippen molar-refractivity contribution in [1.82, 2.24) is 4.98 Å². The Balaban J connectivity index is 1.72. The summed E-state index contributed by atoms with van der Waals surface area (Å²) in [7, 11) is 0. The van der Waals surface area contributed by atoms with Gasteiger partial charge in [-0.1, -0.05) is 48.5 Å². The largest absolute Gasteiger partial charge is 0.383 e. The summed E-state index contributed by atoms with van der Waals surface area (Å²) >= 11 is 1.86. The molecule has 3 aromatic rings. The number of nitrogens with zero attached hydrogens (tertiary/aromatic N) is 1. The number of hydrogen-bond acceptors (Lipinski definition) is 3. The fourth-order valence-electron chi connectivity index (χ4n) is 2.14. The highest BCUT2D eigenvalue weighted by Gasteiger charge is 2.04. The van der Waals surface area contributed by atoms with Gasteiger partial charge in [0.15, 0.2) is 0 Å². The molecule has 0 atom stereocenters. The van der Waals surface area contributed by atoms with Gasteiger partial charge in [-0.05, 0) is 17.7 Å². The van der Waals surface area contributed by atoms with Crippen molar-refractivity contribution in [1.29, 1.82) is 0 Å². The first-order valence-corrected chi connectivity index (χ1v) is 7.74. The second-order valence-electron chi connectivity index (χ2n) is 4.70. The Morgan fingerprint density at radius 3 is 2.50 bits per heavy atom. The Hall–Kier alpha value is -2.00. The van der Waals surface area contributed by atoms with Crippen LogP contribution in [0.2, 0.25) is 0 Å². The van der Waals surface area contributed by atoms with Crippen molar-refractivity contribution >= 4 is 28.5 Å². The molecule has 0 bridgehead atoms. The molecule has 0 saturated carbocycles. The van der Waals surface area contributed by atoms with Crippen LogP contribution in [0.15, 0.2) is 60.7 Å². The fraction of sp³-hybridized carbons (Fsp3) is 0.118. The number of aromatic nitrogens is 1. The van der Waals surface area contributed by atoms with Gasteiger partial charge in [0.05, 0.1) is 5.52 Å². The molecule has 2 nitrogen and oxygen atoms in total. The van der Waals surface area contributed by atoms with Gasteiger partial charge in [-0.25, -0.2) is 4.98 Å². The van der Waals surface area contributed by atoms with Crippen LogP contribution in [0.25, 0.3) is 10.9 Å². The van der Waals surface area contributed by atoms with Crippen LogP contribution in [0.4, 0.5) is 5.82 Å². The minimum atomic E-state index is 0.643. The Bertz CT molecular complexity index is 711. The Morgan fingerprint density at radius 1 is 0.900 bits per heavy atom. The molecule has 1 aromatic heterocycles. The van der Waals surface area contributed by atoms with Crippen molar-refractivity contribution in [2.75, 3.05) is 5.73 Å². The summed E-state index contributed by atoms with van der Waals surface area (Å²) in [4.78, 5) is 4.47. The first-order valence-electron chi connectivity index (χ1n) is 6.59. The standard InChI is InChI=1S/C17H16N2S/c18-17-15(10-14-8-4-5-9-16(14)19-17)12-20-11-13-6-2-1-3-7-13/h1-10H,11-12H2,(H2,18,19). The third kappa shape index (κ3) is 2.94. The van der Waals surface area contributed by atoms with Gasteiger partial charge in [-0.2, -0.15) is 11.8 Å². The molecule has 3 heteroatoms. The van der Waals surface area contributed by atoms with Gasteiger partial charge in [0, 0.05) is 22.5 Å². The van der Waals surface area contributed by atoms with E-state index < -0.39 is 0 Å². The minimum absolute atomic E-state index is 0.643.